The summed E-state index contributed by atoms with van der Waals surface area (Å²) in [5, 5.41) is 13.5. The van der Waals surface area contributed by atoms with Gasteiger partial charge in [-0.25, -0.2) is 4.98 Å². The van der Waals surface area contributed by atoms with Crippen LogP contribution in [0.5, 0.6) is 0 Å². The van der Waals surface area contributed by atoms with Gasteiger partial charge in [-0.2, -0.15) is 0 Å². The average Bonchev–Trinajstić information content (AvgIpc) is 2.45. The number of nitrogens with zero attached hydrogens (tertiary/aromatic N) is 3. The SMILES string of the molecule is CCOCCN(C)C(=O)c1cc([N+](=O)[O-])cnc1NC. The number of hydrogen-bond donors (Lipinski definition) is 1. The van der Waals surface area contributed by atoms with E-state index in [2.05, 4.69) is 10.3 Å². The fourth-order valence-electron chi connectivity index (χ4n) is 1.57. The molecule has 8 heteroatoms. The van der Waals surface area contributed by atoms with Gasteiger partial charge in [0.15, 0.2) is 0 Å². The van der Waals surface area contributed by atoms with Crippen molar-refractivity contribution in [2.24, 2.45) is 0 Å². The third-order valence-electron chi connectivity index (χ3n) is 2.67. The lowest BCUT2D eigenvalue weighted by Crippen LogP contribution is -2.31. The molecule has 1 N–H and O–H groups in total. The zero-order valence-corrected chi connectivity index (χ0v) is 11.8. The molecule has 0 aliphatic rings. The topological polar surface area (TPSA) is 97.6 Å². The summed E-state index contributed by atoms with van der Waals surface area (Å²) in [5.74, 6) is -0.0332. The fraction of sp³-hybridized carbons (Fsp3) is 0.500. The maximum atomic E-state index is 12.3. The molecule has 0 bridgehead atoms. The Morgan fingerprint density at radius 2 is 2.30 bits per heavy atom. The van der Waals surface area contributed by atoms with Crippen LogP contribution in [0.1, 0.15) is 17.3 Å². The molecule has 20 heavy (non-hydrogen) atoms. The van der Waals surface area contributed by atoms with Crippen molar-refractivity contribution in [3.63, 3.8) is 0 Å². The van der Waals surface area contributed by atoms with Gasteiger partial charge in [0.1, 0.15) is 12.0 Å². The normalized spacial score (nSPS) is 10.2. The van der Waals surface area contributed by atoms with Crippen molar-refractivity contribution in [3.8, 4) is 0 Å². The number of carbonyl (C=O) groups is 1. The highest BCUT2D eigenvalue weighted by Gasteiger charge is 2.20. The summed E-state index contributed by atoms with van der Waals surface area (Å²) in [6.07, 6.45) is 1.11. The van der Waals surface area contributed by atoms with Crippen molar-refractivity contribution in [2.45, 2.75) is 6.92 Å². The number of pyridine rings is 1. The first-order valence-corrected chi connectivity index (χ1v) is 6.16. The molecular weight excluding hydrogens is 264 g/mol. The first-order chi connectivity index (χ1) is 9.51. The van der Waals surface area contributed by atoms with Gasteiger partial charge in [0, 0.05) is 33.3 Å². The minimum absolute atomic E-state index is 0.167. The molecule has 0 spiro atoms. The Morgan fingerprint density at radius 1 is 1.60 bits per heavy atom. The number of anilines is 1. The van der Waals surface area contributed by atoms with Crippen LogP contribution >= 0.6 is 0 Å². The molecule has 0 atom stereocenters. The number of rotatable bonds is 7. The first-order valence-electron chi connectivity index (χ1n) is 6.16. The summed E-state index contributed by atoms with van der Waals surface area (Å²) in [4.78, 5) is 27.8. The highest BCUT2D eigenvalue weighted by Crippen LogP contribution is 2.20. The van der Waals surface area contributed by atoms with Gasteiger partial charge < -0.3 is 15.0 Å². The number of aromatic nitrogens is 1. The van der Waals surface area contributed by atoms with E-state index in [1.807, 2.05) is 6.92 Å². The molecule has 1 amide bonds. The van der Waals surface area contributed by atoms with Crippen molar-refractivity contribution in [3.05, 3.63) is 27.9 Å². The van der Waals surface area contributed by atoms with Crippen molar-refractivity contribution in [2.75, 3.05) is 39.2 Å². The quantitative estimate of drug-likeness (QED) is 0.457. The number of carbonyl (C=O) groups excluding carboxylic acids is 1. The maximum Gasteiger partial charge on any atom is 0.288 e. The summed E-state index contributed by atoms with van der Waals surface area (Å²) in [5.41, 5.74) is -0.0498. The second-order valence-electron chi connectivity index (χ2n) is 4.02. The van der Waals surface area contributed by atoms with Gasteiger partial charge in [0.25, 0.3) is 11.6 Å². The van der Waals surface area contributed by atoms with Gasteiger partial charge in [0.2, 0.25) is 0 Å². The van der Waals surface area contributed by atoms with Gasteiger partial charge in [-0.1, -0.05) is 0 Å². The highest BCUT2D eigenvalue weighted by molar-refractivity contribution is 5.99. The van der Waals surface area contributed by atoms with E-state index < -0.39 is 4.92 Å². The molecule has 1 aromatic heterocycles. The predicted molar refractivity (Wildman–Crippen MR) is 73.9 cm³/mol. The Kier molecular flexibility index (Phi) is 5.85. The summed E-state index contributed by atoms with van der Waals surface area (Å²) in [6.45, 7) is 3.25. The molecular formula is C12H18N4O4. The number of amides is 1. The number of ether oxygens (including phenoxy) is 1. The smallest absolute Gasteiger partial charge is 0.288 e. The summed E-state index contributed by atoms with van der Waals surface area (Å²) >= 11 is 0. The summed E-state index contributed by atoms with van der Waals surface area (Å²) in [7, 11) is 3.21. The maximum absolute atomic E-state index is 12.3. The van der Waals surface area contributed by atoms with Crippen LogP contribution in [0.25, 0.3) is 0 Å². The van der Waals surface area contributed by atoms with E-state index in [1.165, 1.54) is 11.0 Å². The molecule has 8 nitrogen and oxygen atoms in total. The minimum atomic E-state index is -0.580. The van der Waals surface area contributed by atoms with Crippen LogP contribution in [0.15, 0.2) is 12.3 Å². The number of hydrogen-bond acceptors (Lipinski definition) is 6. The minimum Gasteiger partial charge on any atom is -0.380 e. The van der Waals surface area contributed by atoms with Gasteiger partial charge in [0.05, 0.1) is 17.1 Å². The van der Waals surface area contributed by atoms with Crippen LogP contribution in [0.2, 0.25) is 0 Å². The van der Waals surface area contributed by atoms with Crippen molar-refractivity contribution >= 4 is 17.4 Å². The van der Waals surface area contributed by atoms with Crippen LogP contribution < -0.4 is 5.32 Å². The second-order valence-corrected chi connectivity index (χ2v) is 4.02. The molecule has 0 radical (unpaired) electrons. The fourth-order valence-corrected chi connectivity index (χ4v) is 1.57. The Morgan fingerprint density at radius 3 is 2.85 bits per heavy atom. The lowest BCUT2D eigenvalue weighted by atomic mass is 10.2. The third-order valence-corrected chi connectivity index (χ3v) is 2.67. The number of likely N-dealkylation sites (N-methyl/N-ethyl adjacent to an activating group) is 1. The summed E-state index contributed by atoms with van der Waals surface area (Å²) in [6, 6.07) is 1.22. The van der Waals surface area contributed by atoms with Crippen molar-refractivity contribution in [1.82, 2.24) is 9.88 Å². The number of nitro groups is 1. The first kappa shape index (κ1) is 15.8. The Balaban J connectivity index is 2.94. The van der Waals surface area contributed by atoms with Gasteiger partial charge in [-0.15, -0.1) is 0 Å². The van der Waals surface area contributed by atoms with Crippen LogP contribution in [0, 0.1) is 10.1 Å². The molecule has 0 fully saturated rings. The molecule has 0 aromatic carbocycles. The van der Waals surface area contributed by atoms with Gasteiger partial charge in [-0.3, -0.25) is 14.9 Å². The zero-order valence-electron chi connectivity index (χ0n) is 11.8. The van der Waals surface area contributed by atoms with E-state index in [0.29, 0.717) is 25.6 Å². The zero-order chi connectivity index (χ0) is 15.1. The van der Waals surface area contributed by atoms with E-state index in [1.54, 1.807) is 14.1 Å². The highest BCUT2D eigenvalue weighted by atomic mass is 16.6. The van der Waals surface area contributed by atoms with E-state index >= 15 is 0 Å². The average molecular weight is 282 g/mol. The third kappa shape index (κ3) is 3.89. The molecule has 1 rings (SSSR count). The molecule has 1 heterocycles. The van der Waals surface area contributed by atoms with E-state index in [4.69, 9.17) is 4.74 Å². The molecule has 0 aliphatic carbocycles. The molecule has 0 saturated heterocycles. The van der Waals surface area contributed by atoms with E-state index in [0.717, 1.165) is 6.20 Å². The number of nitrogens with one attached hydrogen (secondary N) is 1. The van der Waals surface area contributed by atoms with Crippen LogP contribution in [0.4, 0.5) is 11.5 Å². The van der Waals surface area contributed by atoms with Crippen LogP contribution in [-0.2, 0) is 4.74 Å². The molecule has 0 unspecified atom stereocenters. The molecule has 0 saturated carbocycles. The Labute approximate surface area is 116 Å². The van der Waals surface area contributed by atoms with Crippen LogP contribution in [0.3, 0.4) is 0 Å². The predicted octanol–water partition coefficient (Wildman–Crippen LogP) is 1.14. The largest absolute Gasteiger partial charge is 0.380 e. The molecule has 0 aliphatic heterocycles. The van der Waals surface area contributed by atoms with Crippen LogP contribution in [-0.4, -0.2) is 54.6 Å². The van der Waals surface area contributed by atoms with E-state index in [-0.39, 0.29) is 17.2 Å². The lowest BCUT2D eigenvalue weighted by molar-refractivity contribution is -0.385. The van der Waals surface area contributed by atoms with Crippen molar-refractivity contribution < 1.29 is 14.5 Å². The Hall–Kier alpha value is -2.22. The standard InChI is InChI=1S/C12H18N4O4/c1-4-20-6-5-15(3)12(17)10-7-9(16(18)19)8-14-11(10)13-2/h7-8H,4-6H2,1-3H3,(H,13,14). The van der Waals surface area contributed by atoms with Crippen molar-refractivity contribution in [1.29, 1.82) is 0 Å². The summed E-state index contributed by atoms with van der Waals surface area (Å²) < 4.78 is 5.18. The lowest BCUT2D eigenvalue weighted by Gasteiger charge is -2.18. The van der Waals surface area contributed by atoms with Gasteiger partial charge in [-0.05, 0) is 6.92 Å². The van der Waals surface area contributed by atoms with Gasteiger partial charge >= 0.3 is 0 Å². The second kappa shape index (κ2) is 7.39. The Bertz CT molecular complexity index is 492. The van der Waals surface area contributed by atoms with E-state index in [9.17, 15) is 14.9 Å². The molecule has 110 valence electrons. The monoisotopic (exact) mass is 282 g/mol. The molecule has 1 aromatic rings.